The largest absolute Gasteiger partial charge is 0.423 e. The minimum Gasteiger partial charge on any atom is -0.423 e. The minimum absolute atomic E-state index is 0.592. The van der Waals surface area contributed by atoms with Gasteiger partial charge in [-0.25, -0.2) is 4.79 Å². The van der Waals surface area contributed by atoms with Crippen molar-refractivity contribution in [2.75, 3.05) is 6.61 Å². The van der Waals surface area contributed by atoms with Crippen LogP contribution in [0, 0.1) is 0 Å². The molecule has 1 atom stereocenters. The molecule has 16 heavy (non-hydrogen) atoms. The molecule has 0 N–H and O–H groups in total. The van der Waals surface area contributed by atoms with Crippen LogP contribution in [-0.4, -0.2) is 13.1 Å². The summed E-state index contributed by atoms with van der Waals surface area (Å²) in [6.45, 7) is 4.15. The van der Waals surface area contributed by atoms with Gasteiger partial charge in [-0.2, -0.15) is 0 Å². The van der Waals surface area contributed by atoms with E-state index < -0.39 is 6.29 Å². The molecule has 0 spiro atoms. The average Bonchev–Trinajstić information content (AvgIpc) is 2.34. The maximum absolute atomic E-state index is 10.3. The number of rotatable bonds is 8. The predicted octanol–water partition coefficient (Wildman–Crippen LogP) is 2.98. The third-order valence-electron chi connectivity index (χ3n) is 2.24. The molecule has 0 saturated carbocycles. The Morgan fingerprint density at radius 1 is 1.25 bits per heavy atom. The van der Waals surface area contributed by atoms with Gasteiger partial charge in [-0.15, -0.1) is 0 Å². The zero-order valence-corrected chi connectivity index (χ0v) is 9.52. The van der Waals surface area contributed by atoms with Crippen LogP contribution in [0.4, 0.5) is 0 Å². The highest BCUT2D eigenvalue weighted by Crippen LogP contribution is 2.18. The first-order valence-corrected chi connectivity index (χ1v) is 5.57. The summed E-state index contributed by atoms with van der Waals surface area (Å²) < 4.78 is 10.3. The van der Waals surface area contributed by atoms with Crippen LogP contribution >= 0.6 is 0 Å². The molecular weight excluding hydrogens is 204 g/mol. The van der Waals surface area contributed by atoms with Gasteiger partial charge in [0.25, 0.3) is 0 Å². The molecule has 0 amide bonds. The second-order valence-electron chi connectivity index (χ2n) is 3.52. The van der Waals surface area contributed by atoms with Gasteiger partial charge in [0.15, 0.2) is 0 Å². The minimum atomic E-state index is -0.629. The lowest BCUT2D eigenvalue weighted by Crippen LogP contribution is -2.09. The SMILES string of the molecule is CCCCCOC(O[C]=O)c1ccccc1. The number of unbranched alkanes of at least 4 members (excludes halogenated alkanes) is 2. The molecule has 0 heterocycles. The van der Waals surface area contributed by atoms with Gasteiger partial charge in [0.05, 0.1) is 6.61 Å². The van der Waals surface area contributed by atoms with Crippen LogP contribution in [0.2, 0.25) is 0 Å². The molecule has 87 valence electrons. The molecule has 3 nitrogen and oxygen atoms in total. The molecule has 1 aromatic rings. The molecule has 0 fully saturated rings. The van der Waals surface area contributed by atoms with E-state index in [4.69, 9.17) is 9.47 Å². The van der Waals surface area contributed by atoms with E-state index in [9.17, 15) is 4.79 Å². The van der Waals surface area contributed by atoms with E-state index >= 15 is 0 Å². The van der Waals surface area contributed by atoms with Crippen LogP contribution in [0.25, 0.3) is 0 Å². The molecule has 1 unspecified atom stereocenters. The molecule has 1 aromatic carbocycles. The van der Waals surface area contributed by atoms with Crippen molar-refractivity contribution in [3.63, 3.8) is 0 Å². The van der Waals surface area contributed by atoms with Gasteiger partial charge in [0, 0.05) is 5.56 Å². The van der Waals surface area contributed by atoms with Crippen molar-refractivity contribution in [1.82, 2.24) is 0 Å². The summed E-state index contributed by atoms with van der Waals surface area (Å²) in [6, 6.07) is 9.39. The molecule has 0 bridgehead atoms. The normalized spacial score (nSPS) is 12.1. The van der Waals surface area contributed by atoms with Gasteiger partial charge < -0.3 is 9.47 Å². The number of benzene rings is 1. The summed E-state index contributed by atoms with van der Waals surface area (Å²) >= 11 is 0. The summed E-state index contributed by atoms with van der Waals surface area (Å²) in [4.78, 5) is 10.3. The maximum Gasteiger partial charge on any atom is 0.420 e. The highest BCUT2D eigenvalue weighted by atomic mass is 16.7. The van der Waals surface area contributed by atoms with Gasteiger partial charge in [0.1, 0.15) is 0 Å². The average molecular weight is 221 g/mol. The van der Waals surface area contributed by atoms with E-state index in [0.29, 0.717) is 6.61 Å². The van der Waals surface area contributed by atoms with Crippen molar-refractivity contribution in [2.24, 2.45) is 0 Å². The fraction of sp³-hybridized carbons (Fsp3) is 0.462. The van der Waals surface area contributed by atoms with Gasteiger partial charge in [0.2, 0.25) is 6.29 Å². The van der Waals surface area contributed by atoms with Crippen molar-refractivity contribution in [2.45, 2.75) is 32.5 Å². The first kappa shape index (κ1) is 12.7. The van der Waals surface area contributed by atoms with Crippen molar-refractivity contribution in [3.05, 3.63) is 35.9 Å². The summed E-state index contributed by atoms with van der Waals surface area (Å²) in [7, 11) is 0. The van der Waals surface area contributed by atoms with Crippen LogP contribution < -0.4 is 0 Å². The molecular formula is C13H17O3. The Bertz CT molecular complexity index is 284. The molecule has 0 aromatic heterocycles. The third kappa shape index (κ3) is 4.45. The molecule has 1 radical (unpaired) electrons. The van der Waals surface area contributed by atoms with E-state index in [2.05, 4.69) is 6.92 Å². The van der Waals surface area contributed by atoms with Crippen molar-refractivity contribution < 1.29 is 14.3 Å². The Kier molecular flexibility index (Phi) is 6.26. The smallest absolute Gasteiger partial charge is 0.420 e. The summed E-state index contributed by atoms with van der Waals surface area (Å²) in [5.74, 6) is 0. The van der Waals surface area contributed by atoms with Crippen LogP contribution in [0.1, 0.15) is 38.0 Å². The summed E-state index contributed by atoms with van der Waals surface area (Å²) in [6.07, 6.45) is 2.60. The third-order valence-corrected chi connectivity index (χ3v) is 2.24. The first-order valence-electron chi connectivity index (χ1n) is 5.57. The van der Waals surface area contributed by atoms with Gasteiger partial charge >= 0.3 is 6.47 Å². The highest BCUT2D eigenvalue weighted by Gasteiger charge is 2.12. The Labute approximate surface area is 96.4 Å². The van der Waals surface area contributed by atoms with Gasteiger partial charge in [-0.3, -0.25) is 0 Å². The topological polar surface area (TPSA) is 35.5 Å². The summed E-state index contributed by atoms with van der Waals surface area (Å²) in [5.41, 5.74) is 0.836. The molecule has 1 rings (SSSR count). The van der Waals surface area contributed by atoms with Crippen molar-refractivity contribution in [1.29, 1.82) is 0 Å². The second-order valence-corrected chi connectivity index (χ2v) is 3.52. The Morgan fingerprint density at radius 2 is 2.00 bits per heavy atom. The highest BCUT2D eigenvalue weighted by molar-refractivity contribution is 5.39. The lowest BCUT2D eigenvalue weighted by Gasteiger charge is -2.15. The number of ether oxygens (including phenoxy) is 2. The molecule has 0 aliphatic heterocycles. The fourth-order valence-electron chi connectivity index (χ4n) is 1.39. The lowest BCUT2D eigenvalue weighted by atomic mass is 10.2. The standard InChI is InChI=1S/C13H17O3/c1-2-3-7-10-15-13(16-11-14)12-8-5-4-6-9-12/h4-6,8-9,13H,2-3,7,10H2,1H3. The monoisotopic (exact) mass is 221 g/mol. The fourth-order valence-corrected chi connectivity index (χ4v) is 1.39. The zero-order valence-electron chi connectivity index (χ0n) is 9.52. The lowest BCUT2D eigenvalue weighted by molar-refractivity contribution is -0.0937. The van der Waals surface area contributed by atoms with E-state index in [1.165, 1.54) is 6.47 Å². The molecule has 0 aliphatic carbocycles. The Hall–Kier alpha value is -1.35. The van der Waals surface area contributed by atoms with Crippen LogP contribution in [0.15, 0.2) is 30.3 Å². The van der Waals surface area contributed by atoms with E-state index in [0.717, 1.165) is 24.8 Å². The Balaban J connectivity index is 2.44. The zero-order chi connectivity index (χ0) is 11.6. The second kappa shape index (κ2) is 7.88. The van der Waals surface area contributed by atoms with Crippen LogP contribution in [0.5, 0.6) is 0 Å². The molecule has 0 saturated heterocycles. The quantitative estimate of drug-likeness (QED) is 0.500. The van der Waals surface area contributed by atoms with E-state index in [1.54, 1.807) is 0 Å². The Morgan fingerprint density at radius 3 is 2.62 bits per heavy atom. The van der Waals surface area contributed by atoms with E-state index in [-0.39, 0.29) is 0 Å². The maximum atomic E-state index is 10.3. The number of carbonyl (C=O) groups excluding carboxylic acids is 1. The predicted molar refractivity (Wildman–Crippen MR) is 61.4 cm³/mol. The van der Waals surface area contributed by atoms with E-state index in [1.807, 2.05) is 30.3 Å². The first-order chi connectivity index (χ1) is 7.88. The van der Waals surface area contributed by atoms with Crippen molar-refractivity contribution in [3.8, 4) is 0 Å². The summed E-state index contributed by atoms with van der Waals surface area (Å²) in [5, 5.41) is 0. The molecule has 3 heteroatoms. The number of hydrogen-bond donors (Lipinski definition) is 0. The molecule has 0 aliphatic rings. The van der Waals surface area contributed by atoms with Gasteiger partial charge in [-0.05, 0) is 6.42 Å². The number of hydrogen-bond acceptors (Lipinski definition) is 3. The van der Waals surface area contributed by atoms with Crippen LogP contribution in [0.3, 0.4) is 0 Å². The van der Waals surface area contributed by atoms with Crippen LogP contribution in [-0.2, 0) is 14.3 Å². The van der Waals surface area contributed by atoms with Crippen molar-refractivity contribution >= 4 is 6.47 Å². The van der Waals surface area contributed by atoms with Gasteiger partial charge in [-0.1, -0.05) is 50.1 Å².